The Labute approximate surface area is 123 Å². The molecule has 0 radical (unpaired) electrons. The highest BCUT2D eigenvalue weighted by Crippen LogP contribution is 2.23. The molecule has 0 aromatic heterocycles. The molecule has 7 heteroatoms. The van der Waals surface area contributed by atoms with Crippen molar-refractivity contribution in [3.8, 4) is 0 Å². The second-order valence-electron chi connectivity index (χ2n) is 3.87. The Morgan fingerprint density at radius 1 is 1.17 bits per heavy atom. The normalized spacial score (nSPS) is 11.1. The Hall–Kier alpha value is -0.140. The molecule has 1 rings (SSSR count). The maximum Gasteiger partial charge on any atom is 0.240 e. The lowest BCUT2D eigenvalue weighted by atomic mass is 10.2. The van der Waals surface area contributed by atoms with Crippen LogP contribution in [0.3, 0.4) is 0 Å². The molecule has 0 heterocycles. The Bertz CT molecular complexity index is 506. The molecule has 0 spiro atoms. The predicted molar refractivity (Wildman–Crippen MR) is 80.0 cm³/mol. The van der Waals surface area contributed by atoms with Crippen LogP contribution >= 0.6 is 28.3 Å². The Kier molecular flexibility index (Phi) is 7.39. The van der Waals surface area contributed by atoms with Crippen LogP contribution in [0.25, 0.3) is 0 Å². The summed E-state index contributed by atoms with van der Waals surface area (Å²) in [6.45, 7) is 4.65. The van der Waals surface area contributed by atoms with E-state index in [1.54, 1.807) is 20.0 Å². The molecule has 0 unspecified atom stereocenters. The summed E-state index contributed by atoms with van der Waals surface area (Å²) in [6.07, 6.45) is 0. The molecule has 4 nitrogen and oxygen atoms in total. The SMILES string of the molecule is CNCCNS(=O)(=O)c1cc(C)c(Br)cc1C.Cl. The Morgan fingerprint density at radius 3 is 2.33 bits per heavy atom. The van der Waals surface area contributed by atoms with E-state index in [-0.39, 0.29) is 12.4 Å². The summed E-state index contributed by atoms with van der Waals surface area (Å²) in [5.74, 6) is 0. The molecule has 0 aliphatic heterocycles. The highest BCUT2D eigenvalue weighted by atomic mass is 79.9. The predicted octanol–water partition coefficient (Wildman–Crippen LogP) is 1.99. The molecule has 0 aliphatic carbocycles. The van der Waals surface area contributed by atoms with E-state index in [9.17, 15) is 8.42 Å². The molecule has 0 saturated heterocycles. The summed E-state index contributed by atoms with van der Waals surface area (Å²) in [4.78, 5) is 0.342. The largest absolute Gasteiger partial charge is 0.318 e. The van der Waals surface area contributed by atoms with E-state index in [0.29, 0.717) is 18.0 Å². The van der Waals surface area contributed by atoms with Gasteiger partial charge in [0.2, 0.25) is 10.0 Å². The molecule has 1 aromatic rings. The van der Waals surface area contributed by atoms with Crippen molar-refractivity contribution in [3.63, 3.8) is 0 Å². The second-order valence-corrected chi connectivity index (χ2v) is 6.46. The minimum absolute atomic E-state index is 0. The topological polar surface area (TPSA) is 58.2 Å². The zero-order valence-electron chi connectivity index (χ0n) is 10.6. The number of benzene rings is 1. The van der Waals surface area contributed by atoms with Gasteiger partial charge >= 0.3 is 0 Å². The van der Waals surface area contributed by atoms with E-state index in [4.69, 9.17) is 0 Å². The highest BCUT2D eigenvalue weighted by molar-refractivity contribution is 9.10. The van der Waals surface area contributed by atoms with Crippen molar-refractivity contribution in [3.05, 3.63) is 27.7 Å². The number of nitrogens with one attached hydrogen (secondary N) is 2. The number of aryl methyl sites for hydroxylation is 2. The van der Waals surface area contributed by atoms with Gasteiger partial charge in [-0.05, 0) is 44.2 Å². The molecule has 0 fully saturated rings. The van der Waals surface area contributed by atoms with Crippen LogP contribution in [-0.2, 0) is 10.0 Å². The smallest absolute Gasteiger partial charge is 0.240 e. The van der Waals surface area contributed by atoms with E-state index < -0.39 is 10.0 Å². The summed E-state index contributed by atoms with van der Waals surface area (Å²) in [5, 5.41) is 2.89. The lowest BCUT2D eigenvalue weighted by molar-refractivity contribution is 0.579. The summed E-state index contributed by atoms with van der Waals surface area (Å²) in [6, 6.07) is 3.50. The van der Waals surface area contributed by atoms with Crippen molar-refractivity contribution in [1.82, 2.24) is 10.0 Å². The van der Waals surface area contributed by atoms with Gasteiger partial charge in [0.15, 0.2) is 0 Å². The van der Waals surface area contributed by atoms with E-state index in [1.807, 2.05) is 13.0 Å². The average molecular weight is 358 g/mol. The molecular weight excluding hydrogens is 340 g/mol. The first kappa shape index (κ1) is 17.9. The lowest BCUT2D eigenvalue weighted by Gasteiger charge is -2.11. The second kappa shape index (κ2) is 7.45. The first-order valence-electron chi connectivity index (χ1n) is 5.29. The highest BCUT2D eigenvalue weighted by Gasteiger charge is 2.17. The van der Waals surface area contributed by atoms with E-state index in [2.05, 4.69) is 26.0 Å². The van der Waals surface area contributed by atoms with Crippen LogP contribution in [0.5, 0.6) is 0 Å². The molecule has 0 bridgehead atoms. The van der Waals surface area contributed by atoms with Gasteiger partial charge in [-0.25, -0.2) is 13.1 Å². The van der Waals surface area contributed by atoms with Gasteiger partial charge in [-0.3, -0.25) is 0 Å². The van der Waals surface area contributed by atoms with Gasteiger partial charge in [0.1, 0.15) is 0 Å². The van der Waals surface area contributed by atoms with E-state index >= 15 is 0 Å². The van der Waals surface area contributed by atoms with Crippen LogP contribution < -0.4 is 10.0 Å². The lowest BCUT2D eigenvalue weighted by Crippen LogP contribution is -2.31. The minimum Gasteiger partial charge on any atom is -0.318 e. The van der Waals surface area contributed by atoms with Crippen LogP contribution in [0.2, 0.25) is 0 Å². The van der Waals surface area contributed by atoms with Crippen molar-refractivity contribution in [2.24, 2.45) is 0 Å². The van der Waals surface area contributed by atoms with Crippen molar-refractivity contribution in [1.29, 1.82) is 0 Å². The quantitative estimate of drug-likeness (QED) is 0.792. The molecule has 1 aromatic carbocycles. The third kappa shape index (κ3) is 4.51. The van der Waals surface area contributed by atoms with Crippen molar-refractivity contribution in [2.75, 3.05) is 20.1 Å². The number of sulfonamides is 1. The fourth-order valence-electron chi connectivity index (χ4n) is 1.43. The molecule has 0 aliphatic rings. The van der Waals surface area contributed by atoms with Crippen LogP contribution in [0.15, 0.2) is 21.5 Å². The number of rotatable bonds is 5. The van der Waals surface area contributed by atoms with Crippen LogP contribution in [0, 0.1) is 13.8 Å². The maximum absolute atomic E-state index is 12.0. The standard InChI is InChI=1S/C11H17BrN2O2S.ClH/c1-8-7-11(9(2)6-10(8)12)17(15,16)14-5-4-13-3;/h6-7,13-14H,4-5H2,1-3H3;1H. The minimum atomic E-state index is -3.41. The molecule has 0 atom stereocenters. The number of halogens is 2. The number of likely N-dealkylation sites (N-methyl/N-ethyl adjacent to an activating group) is 1. The van der Waals surface area contributed by atoms with Crippen molar-refractivity contribution >= 4 is 38.4 Å². The van der Waals surface area contributed by atoms with Crippen LogP contribution in [-0.4, -0.2) is 28.6 Å². The molecule has 2 N–H and O–H groups in total. The zero-order chi connectivity index (χ0) is 13.1. The van der Waals surface area contributed by atoms with Crippen molar-refractivity contribution in [2.45, 2.75) is 18.7 Å². The third-order valence-electron chi connectivity index (χ3n) is 2.41. The third-order valence-corrected chi connectivity index (χ3v) is 4.87. The Balaban J connectivity index is 0.00000289. The van der Waals surface area contributed by atoms with Gasteiger partial charge in [0.05, 0.1) is 4.90 Å². The maximum atomic E-state index is 12.0. The van der Waals surface area contributed by atoms with Gasteiger partial charge in [-0.15, -0.1) is 12.4 Å². The average Bonchev–Trinajstić information content (AvgIpc) is 2.23. The number of hydrogen-bond acceptors (Lipinski definition) is 3. The summed E-state index contributed by atoms with van der Waals surface area (Å²) in [7, 11) is -1.63. The molecular formula is C11H18BrClN2O2S. The van der Waals surface area contributed by atoms with Gasteiger partial charge in [0, 0.05) is 17.6 Å². The molecule has 0 saturated carbocycles. The monoisotopic (exact) mass is 356 g/mol. The number of hydrogen-bond donors (Lipinski definition) is 2. The van der Waals surface area contributed by atoms with Gasteiger partial charge < -0.3 is 5.32 Å². The summed E-state index contributed by atoms with van der Waals surface area (Å²) >= 11 is 3.39. The summed E-state index contributed by atoms with van der Waals surface area (Å²) < 4.78 is 27.6. The Morgan fingerprint density at radius 2 is 1.78 bits per heavy atom. The summed E-state index contributed by atoms with van der Waals surface area (Å²) in [5.41, 5.74) is 1.64. The van der Waals surface area contributed by atoms with E-state index in [1.165, 1.54) is 0 Å². The molecule has 18 heavy (non-hydrogen) atoms. The van der Waals surface area contributed by atoms with Gasteiger partial charge in [-0.1, -0.05) is 15.9 Å². The van der Waals surface area contributed by atoms with Crippen LogP contribution in [0.4, 0.5) is 0 Å². The van der Waals surface area contributed by atoms with Gasteiger partial charge in [-0.2, -0.15) is 0 Å². The van der Waals surface area contributed by atoms with E-state index in [0.717, 1.165) is 15.6 Å². The fourth-order valence-corrected chi connectivity index (χ4v) is 3.23. The van der Waals surface area contributed by atoms with Crippen LogP contribution in [0.1, 0.15) is 11.1 Å². The molecule has 0 amide bonds. The molecule has 104 valence electrons. The first-order valence-corrected chi connectivity index (χ1v) is 7.57. The first-order chi connectivity index (χ1) is 7.88. The van der Waals surface area contributed by atoms with Gasteiger partial charge in [0.25, 0.3) is 0 Å². The zero-order valence-corrected chi connectivity index (χ0v) is 13.8. The fraction of sp³-hybridized carbons (Fsp3) is 0.455. The van der Waals surface area contributed by atoms with Crippen molar-refractivity contribution < 1.29 is 8.42 Å².